The number of benzene rings is 1. The molecule has 1 N–H and O–H groups in total. The number of anilines is 1. The number of carbonyl (C=O) groups is 1. The minimum Gasteiger partial charge on any atom is -0.319 e. The molecule has 0 aliphatic carbocycles. The molecule has 2 aromatic heterocycles. The van der Waals surface area contributed by atoms with Crippen LogP contribution in [0.2, 0.25) is 4.34 Å². The summed E-state index contributed by atoms with van der Waals surface area (Å²) in [6.45, 7) is 1.72. The maximum absolute atomic E-state index is 13.9. The molecule has 9 heteroatoms. The van der Waals surface area contributed by atoms with Gasteiger partial charge in [-0.1, -0.05) is 11.6 Å². The molecular formula is C13H9ClFN5OS. The number of amides is 1. The highest BCUT2D eigenvalue weighted by atomic mass is 35.5. The molecule has 1 aromatic carbocycles. The van der Waals surface area contributed by atoms with Crippen LogP contribution in [0.5, 0.6) is 0 Å². The summed E-state index contributed by atoms with van der Waals surface area (Å²) in [5, 5.41) is 13.6. The normalized spacial score (nSPS) is 10.7. The van der Waals surface area contributed by atoms with Crippen molar-refractivity contribution in [2.24, 2.45) is 0 Å². The number of halogens is 2. The standard InChI is InChI=1S/C13H9ClFN5OS/c1-7-17-18-19-20(7)8-2-3-9(15)10(6-8)16-13(21)11-4-5-12(14)22-11/h2-6H,1H3,(H,16,21). The van der Waals surface area contributed by atoms with Crippen LogP contribution in [-0.4, -0.2) is 26.1 Å². The molecule has 0 radical (unpaired) electrons. The summed E-state index contributed by atoms with van der Waals surface area (Å²) in [6.07, 6.45) is 0. The van der Waals surface area contributed by atoms with E-state index in [4.69, 9.17) is 11.6 Å². The summed E-state index contributed by atoms with van der Waals surface area (Å²) in [4.78, 5) is 12.5. The number of aromatic nitrogens is 4. The second-order valence-corrected chi connectivity index (χ2v) is 6.08. The van der Waals surface area contributed by atoms with E-state index in [2.05, 4.69) is 20.8 Å². The number of rotatable bonds is 3. The number of hydrogen-bond acceptors (Lipinski definition) is 5. The Balaban J connectivity index is 1.90. The van der Waals surface area contributed by atoms with Gasteiger partial charge in [-0.25, -0.2) is 4.39 Å². The molecule has 0 fully saturated rings. The van der Waals surface area contributed by atoms with Crippen molar-refractivity contribution in [3.63, 3.8) is 0 Å². The molecule has 22 heavy (non-hydrogen) atoms. The van der Waals surface area contributed by atoms with Crippen LogP contribution in [0.3, 0.4) is 0 Å². The molecule has 2 heterocycles. The van der Waals surface area contributed by atoms with Crippen LogP contribution in [-0.2, 0) is 0 Å². The van der Waals surface area contributed by atoms with Gasteiger partial charge in [0.2, 0.25) is 0 Å². The van der Waals surface area contributed by atoms with Crippen molar-refractivity contribution < 1.29 is 9.18 Å². The Hall–Kier alpha value is -2.32. The number of aryl methyl sites for hydroxylation is 1. The van der Waals surface area contributed by atoms with Gasteiger partial charge in [0.15, 0.2) is 5.82 Å². The van der Waals surface area contributed by atoms with Gasteiger partial charge < -0.3 is 5.32 Å². The largest absolute Gasteiger partial charge is 0.319 e. The molecular weight excluding hydrogens is 329 g/mol. The van der Waals surface area contributed by atoms with Crippen LogP contribution in [0.15, 0.2) is 30.3 Å². The first-order valence-corrected chi connectivity index (χ1v) is 7.35. The van der Waals surface area contributed by atoms with Gasteiger partial charge >= 0.3 is 0 Å². The molecule has 0 bridgehead atoms. The minimum absolute atomic E-state index is 0.0434. The van der Waals surface area contributed by atoms with Crippen LogP contribution in [0.1, 0.15) is 15.5 Å². The van der Waals surface area contributed by atoms with Crippen LogP contribution in [0, 0.1) is 12.7 Å². The van der Waals surface area contributed by atoms with Crippen molar-refractivity contribution >= 4 is 34.5 Å². The number of tetrazole rings is 1. The molecule has 0 atom stereocenters. The van der Waals surface area contributed by atoms with Gasteiger partial charge in [0.05, 0.1) is 20.6 Å². The van der Waals surface area contributed by atoms with Crippen LogP contribution >= 0.6 is 22.9 Å². The number of thiophene rings is 1. The third-order valence-electron chi connectivity index (χ3n) is 2.87. The third-order valence-corrected chi connectivity index (χ3v) is 4.10. The third kappa shape index (κ3) is 2.83. The summed E-state index contributed by atoms with van der Waals surface area (Å²) in [5.41, 5.74) is 0.588. The van der Waals surface area contributed by atoms with Crippen LogP contribution in [0.25, 0.3) is 5.69 Å². The van der Waals surface area contributed by atoms with E-state index in [9.17, 15) is 9.18 Å². The lowest BCUT2D eigenvalue weighted by Gasteiger charge is -2.08. The molecule has 0 aliphatic heterocycles. The van der Waals surface area contributed by atoms with Crippen molar-refractivity contribution in [1.82, 2.24) is 20.2 Å². The SMILES string of the molecule is Cc1nnnn1-c1ccc(F)c(NC(=O)c2ccc(Cl)s2)c1. The smallest absolute Gasteiger partial charge is 0.265 e. The zero-order chi connectivity index (χ0) is 15.7. The Morgan fingerprint density at radius 2 is 2.18 bits per heavy atom. The predicted octanol–water partition coefficient (Wildman–Crippen LogP) is 3.08. The maximum atomic E-state index is 13.9. The predicted molar refractivity (Wildman–Crippen MR) is 81.1 cm³/mol. The Bertz CT molecular complexity index is 847. The molecule has 0 aliphatic rings. The molecule has 6 nitrogen and oxygen atoms in total. The van der Waals surface area contributed by atoms with E-state index in [1.165, 1.54) is 22.9 Å². The van der Waals surface area contributed by atoms with E-state index in [-0.39, 0.29) is 5.69 Å². The first-order chi connectivity index (χ1) is 10.5. The molecule has 3 aromatic rings. The number of nitrogens with zero attached hydrogens (tertiary/aromatic N) is 4. The van der Waals surface area contributed by atoms with Crippen molar-refractivity contribution in [1.29, 1.82) is 0 Å². The average Bonchev–Trinajstić information content (AvgIpc) is 3.10. The lowest BCUT2D eigenvalue weighted by molar-refractivity contribution is 0.103. The highest BCUT2D eigenvalue weighted by Crippen LogP contribution is 2.24. The minimum atomic E-state index is -0.550. The monoisotopic (exact) mass is 337 g/mol. The average molecular weight is 338 g/mol. The highest BCUT2D eigenvalue weighted by molar-refractivity contribution is 7.18. The van der Waals surface area contributed by atoms with Gasteiger partial charge in [-0.2, -0.15) is 4.68 Å². The number of nitrogens with one attached hydrogen (secondary N) is 1. The Morgan fingerprint density at radius 1 is 1.36 bits per heavy atom. The topological polar surface area (TPSA) is 72.7 Å². The van der Waals surface area contributed by atoms with Crippen LogP contribution < -0.4 is 5.32 Å². The van der Waals surface area contributed by atoms with Gasteiger partial charge in [0.25, 0.3) is 5.91 Å². The van der Waals surface area contributed by atoms with Crippen LogP contribution in [0.4, 0.5) is 10.1 Å². The zero-order valence-corrected chi connectivity index (χ0v) is 12.8. The van der Waals surface area contributed by atoms with E-state index in [0.29, 0.717) is 20.7 Å². The van der Waals surface area contributed by atoms with Gasteiger partial charge in [0.1, 0.15) is 5.82 Å². The van der Waals surface area contributed by atoms with E-state index in [1.54, 1.807) is 19.1 Å². The second-order valence-electron chi connectivity index (χ2n) is 4.36. The van der Waals surface area contributed by atoms with Gasteiger partial charge in [-0.05, 0) is 47.7 Å². The summed E-state index contributed by atoms with van der Waals surface area (Å²) in [5.74, 6) is -0.430. The first kappa shape index (κ1) is 14.6. The van der Waals surface area contributed by atoms with Crippen molar-refractivity contribution in [3.8, 4) is 5.69 Å². The first-order valence-electron chi connectivity index (χ1n) is 6.16. The fraction of sp³-hybridized carbons (Fsp3) is 0.0769. The van der Waals surface area contributed by atoms with Crippen molar-refractivity contribution in [2.75, 3.05) is 5.32 Å². The molecule has 0 saturated heterocycles. The fourth-order valence-electron chi connectivity index (χ4n) is 1.83. The van der Waals surface area contributed by atoms with Gasteiger partial charge in [0, 0.05) is 0 Å². The van der Waals surface area contributed by atoms with E-state index >= 15 is 0 Å². The van der Waals surface area contributed by atoms with Crippen molar-refractivity contribution in [2.45, 2.75) is 6.92 Å². The molecule has 112 valence electrons. The fourth-order valence-corrected chi connectivity index (χ4v) is 2.77. The second kappa shape index (κ2) is 5.82. The molecule has 3 rings (SSSR count). The highest BCUT2D eigenvalue weighted by Gasteiger charge is 2.13. The summed E-state index contributed by atoms with van der Waals surface area (Å²) in [7, 11) is 0. The van der Waals surface area contributed by atoms with Gasteiger partial charge in [-0.3, -0.25) is 4.79 Å². The number of carbonyl (C=O) groups excluding carboxylic acids is 1. The molecule has 1 amide bonds. The molecule has 0 spiro atoms. The van der Waals surface area contributed by atoms with Crippen molar-refractivity contribution in [3.05, 3.63) is 51.2 Å². The van der Waals surface area contributed by atoms with E-state index in [0.717, 1.165) is 11.3 Å². The Morgan fingerprint density at radius 3 is 2.82 bits per heavy atom. The summed E-state index contributed by atoms with van der Waals surface area (Å²) in [6, 6.07) is 7.42. The van der Waals surface area contributed by atoms with Gasteiger partial charge in [-0.15, -0.1) is 16.4 Å². The summed E-state index contributed by atoms with van der Waals surface area (Å²) < 4.78 is 15.8. The lowest BCUT2D eigenvalue weighted by atomic mass is 10.2. The molecule has 0 unspecified atom stereocenters. The quantitative estimate of drug-likeness (QED) is 0.797. The Labute approximate surface area is 133 Å². The number of hydrogen-bond donors (Lipinski definition) is 1. The lowest BCUT2D eigenvalue weighted by Crippen LogP contribution is -2.12. The summed E-state index contributed by atoms with van der Waals surface area (Å²) >= 11 is 6.91. The zero-order valence-electron chi connectivity index (χ0n) is 11.2. The van der Waals surface area contributed by atoms with E-state index in [1.807, 2.05) is 0 Å². The molecule has 0 saturated carbocycles. The maximum Gasteiger partial charge on any atom is 0.265 e. The Kier molecular flexibility index (Phi) is 3.86. The van der Waals surface area contributed by atoms with E-state index < -0.39 is 11.7 Å².